The SMILES string of the molecule is C#CCCOC(=O)N1CCc2c([nH]c3ccc(Cl)cc23)C1c1ccc(OCCCCl)cc1.C=C(C)OC(=O)N1CCc2c([nH]c3ccc(Cl)cc23)C1c1ccc(OCCCCl)cc1.O=C(OCCCl)N1CCc2c([nH]c3ccc(Cl)cc23)C1c1ccc(OCCCCl)cc1.O=C(OCc1ccccc1Cl)N1CCc2c([nH]c3ccc(Cl)cc23)C1c1ccc(OCCCn2ccnc2)cc1. The number of carbonyl (C=O) groups excluding carboxylic acids is 4. The van der Waals surface area contributed by atoms with Gasteiger partial charge in [-0.05, 0) is 230 Å². The van der Waals surface area contributed by atoms with Crippen molar-refractivity contribution in [3.8, 4) is 35.3 Å². The number of nitrogens with zero attached hydrogens (tertiary/aromatic N) is 6. The molecule has 4 N–H and O–H groups in total. The summed E-state index contributed by atoms with van der Waals surface area (Å²) in [6, 6.07) is 60.6. The van der Waals surface area contributed by atoms with Gasteiger partial charge in [0.15, 0.2) is 0 Å². The predicted octanol–water partition coefficient (Wildman–Crippen LogP) is 26.0. The standard InChI is InChI=1S/C31H28Cl2N4O3.C25H24Cl2N2O3.C24H24Cl2N2O3.C23H23Cl3N2O3/c32-23-8-11-28-26(18-23)25-12-15-37(31(38)40-19-22-4-1-2-5-27(22)33)30(29(25)35-28)21-6-9-24(10-7-21)39-17-3-14-36-16-13-34-20-36;1-2-3-14-32-25(30)29-13-11-20-21-16-18(27)7-10-22(21)28-23(20)24(29)17-5-8-19(9-6-17)31-15-4-12-26;1-15(2)31-24(29)28-12-10-19-20-14-17(26)6-9-21(20)27-22(19)23(28)16-4-7-18(8-5-16)30-13-3-11-25;24-9-1-12-30-17-5-2-15(3-6-17)22-21-18(8-11-28(22)23(29)31-13-10-25)19-14-16(26)4-7-20(19)27-21/h1-2,4-11,13,16,18,20,30,35H,3,12,14-15,17,19H2;1,5-10,16,24,28H,3-4,11-15H2;4-9,14,23,27H,1,3,10-13H2,2H3;2-7,14,22,27H,1,8-13H2. The van der Waals surface area contributed by atoms with Crippen LogP contribution in [0.5, 0.6) is 23.0 Å². The van der Waals surface area contributed by atoms with Gasteiger partial charge < -0.3 is 62.4 Å². The van der Waals surface area contributed by atoms with Crippen molar-refractivity contribution in [3.05, 3.63) is 323 Å². The molecule has 4 amide bonds. The van der Waals surface area contributed by atoms with E-state index >= 15 is 0 Å². The minimum absolute atomic E-state index is 0.0999. The summed E-state index contributed by atoms with van der Waals surface area (Å²) in [5.41, 5.74) is 17.1. The monoisotopic (exact) mass is 1980 g/mol. The van der Waals surface area contributed by atoms with Crippen LogP contribution in [0.4, 0.5) is 19.2 Å². The molecular weight excluding hydrogens is 1890 g/mol. The zero-order chi connectivity index (χ0) is 93.7. The topological polar surface area (TPSA) is 236 Å². The van der Waals surface area contributed by atoms with E-state index in [0.717, 1.165) is 155 Å². The number of imidazole rings is 1. The van der Waals surface area contributed by atoms with Gasteiger partial charge in [-0.25, -0.2) is 24.2 Å². The van der Waals surface area contributed by atoms with E-state index in [4.69, 9.17) is 149 Å². The van der Waals surface area contributed by atoms with E-state index in [-0.39, 0.29) is 62.1 Å². The fraction of sp³-hybridized carbons (Fsp3) is 0.291. The average Bonchev–Trinajstić information content (AvgIpc) is 1.61. The minimum Gasteiger partial charge on any atom is -0.494 e. The lowest BCUT2D eigenvalue weighted by Crippen LogP contribution is -2.41. The van der Waals surface area contributed by atoms with Crippen LogP contribution < -0.4 is 18.9 Å². The molecule has 0 bridgehead atoms. The summed E-state index contributed by atoms with van der Waals surface area (Å²) in [7, 11) is 0. The quantitative estimate of drug-likeness (QED) is 0.0118. The molecule has 4 aliphatic rings. The Morgan fingerprint density at radius 1 is 0.418 bits per heavy atom. The lowest BCUT2D eigenvalue weighted by molar-refractivity contribution is 0.0831. The second-order valence-corrected chi connectivity index (χ2v) is 35.9. The lowest BCUT2D eigenvalue weighted by atomic mass is 9.92. The molecule has 4 atom stereocenters. The van der Waals surface area contributed by atoms with Crippen LogP contribution in [0.3, 0.4) is 0 Å². The molecule has 4 aliphatic heterocycles. The molecule has 22 nitrogen and oxygen atoms in total. The third kappa shape index (κ3) is 23.5. The first-order chi connectivity index (χ1) is 65.3. The zero-order valence-corrected chi connectivity index (χ0v) is 80.3. The molecule has 0 radical (unpaired) electrons. The number of aromatic amines is 4. The molecule has 9 aromatic carbocycles. The molecular formula is C103H99Cl9N10O12. The Balaban J connectivity index is 0.000000137. The number of benzene rings is 9. The van der Waals surface area contributed by atoms with Gasteiger partial charge in [0.1, 0.15) is 67.0 Å². The highest BCUT2D eigenvalue weighted by Gasteiger charge is 2.41. The van der Waals surface area contributed by atoms with E-state index in [1.54, 1.807) is 45.1 Å². The van der Waals surface area contributed by atoms with Gasteiger partial charge >= 0.3 is 24.4 Å². The summed E-state index contributed by atoms with van der Waals surface area (Å²) in [5.74, 6) is 7.88. The van der Waals surface area contributed by atoms with E-state index in [1.165, 1.54) is 16.7 Å². The average molecular weight is 1990 g/mol. The number of halogens is 9. The Labute approximate surface area is 822 Å². The van der Waals surface area contributed by atoms with E-state index in [0.29, 0.717) is 133 Å². The smallest absolute Gasteiger partial charge is 0.415 e. The number of hydrogen-bond acceptors (Lipinski definition) is 13. The van der Waals surface area contributed by atoms with Gasteiger partial charge in [0.05, 0.1) is 44.4 Å². The molecule has 134 heavy (non-hydrogen) atoms. The normalized spacial score (nSPS) is 15.3. The molecule has 0 spiro atoms. The van der Waals surface area contributed by atoms with Crippen LogP contribution in [0.15, 0.2) is 225 Å². The van der Waals surface area contributed by atoms with Gasteiger partial charge in [0, 0.05) is 166 Å². The van der Waals surface area contributed by atoms with Gasteiger partial charge in [0.2, 0.25) is 0 Å². The number of alkyl halides is 4. The summed E-state index contributed by atoms with van der Waals surface area (Å²) < 4.78 is 47.1. The second-order valence-electron chi connectivity index (χ2n) is 32.3. The fourth-order valence-electron chi connectivity index (χ4n) is 17.3. The lowest BCUT2D eigenvalue weighted by Gasteiger charge is -2.35. The maximum atomic E-state index is 13.5. The van der Waals surface area contributed by atoms with Gasteiger partial charge in [0.25, 0.3) is 0 Å². The van der Waals surface area contributed by atoms with Crippen LogP contribution in [0, 0.1) is 12.3 Å². The first-order valence-electron chi connectivity index (χ1n) is 44.2. The second kappa shape index (κ2) is 46.7. The van der Waals surface area contributed by atoms with Gasteiger partial charge in [-0.15, -0.1) is 58.7 Å². The third-order valence-electron chi connectivity index (χ3n) is 23.5. The molecule has 31 heteroatoms. The molecule has 0 saturated carbocycles. The number of carbonyl (C=O) groups is 4. The van der Waals surface area contributed by atoms with Crippen LogP contribution in [-0.2, 0) is 57.8 Å². The van der Waals surface area contributed by atoms with Crippen molar-refractivity contribution in [3.63, 3.8) is 0 Å². The number of allylic oxidation sites excluding steroid dienone is 1. The van der Waals surface area contributed by atoms with E-state index in [1.807, 2.05) is 199 Å². The van der Waals surface area contributed by atoms with Crippen molar-refractivity contribution in [2.24, 2.45) is 0 Å². The summed E-state index contributed by atoms with van der Waals surface area (Å²) in [4.78, 5) is 77.3. The molecule has 0 saturated heterocycles. The number of amides is 4. The molecule has 0 fully saturated rings. The molecule has 9 heterocycles. The summed E-state index contributed by atoms with van der Waals surface area (Å²) in [6.45, 7) is 11.1. The molecule has 14 aromatic rings. The van der Waals surface area contributed by atoms with Crippen molar-refractivity contribution >= 4 is 172 Å². The number of aryl methyl sites for hydroxylation is 1. The maximum absolute atomic E-state index is 13.5. The van der Waals surface area contributed by atoms with Crippen LogP contribution in [0.2, 0.25) is 25.1 Å². The van der Waals surface area contributed by atoms with Crippen molar-refractivity contribution in [2.75, 3.05) is 89.3 Å². The molecule has 4 unspecified atom stereocenters. The zero-order valence-electron chi connectivity index (χ0n) is 73.5. The van der Waals surface area contributed by atoms with Crippen LogP contribution >= 0.6 is 104 Å². The van der Waals surface area contributed by atoms with Crippen molar-refractivity contribution < 1.29 is 57.1 Å². The molecule has 18 rings (SSSR count). The summed E-state index contributed by atoms with van der Waals surface area (Å²) in [6.07, 6.45) is 15.7. The number of hydrogen-bond donors (Lipinski definition) is 4. The third-order valence-corrected chi connectivity index (χ3v) is 25.7. The highest BCUT2D eigenvalue weighted by atomic mass is 35.5. The number of ether oxygens (including phenoxy) is 8. The molecule has 5 aromatic heterocycles. The van der Waals surface area contributed by atoms with Crippen LogP contribution in [0.1, 0.15) is 136 Å². The first kappa shape index (κ1) is 97.1. The Kier molecular flexibility index (Phi) is 33.8. The van der Waals surface area contributed by atoms with Crippen LogP contribution in [-0.4, -0.2) is 163 Å². The van der Waals surface area contributed by atoms with Gasteiger partial charge in [-0.2, -0.15) is 0 Å². The van der Waals surface area contributed by atoms with E-state index in [2.05, 4.69) is 37.4 Å². The Morgan fingerprint density at radius 3 is 1.07 bits per heavy atom. The Hall–Kier alpha value is -11.5. The number of rotatable bonds is 28. The Bertz CT molecular complexity index is 6440. The highest BCUT2D eigenvalue weighted by Crippen LogP contribution is 2.46. The fourth-order valence-corrected chi connectivity index (χ4v) is 18.6. The number of fused-ring (bicyclic) bond motifs is 12. The number of H-pyrrole nitrogens is 4. The number of terminal acetylenes is 1. The van der Waals surface area contributed by atoms with Gasteiger partial charge in [-0.1, -0.05) is 131 Å². The Morgan fingerprint density at radius 2 is 0.754 bits per heavy atom. The van der Waals surface area contributed by atoms with Gasteiger partial charge in [-0.3, -0.25) is 19.6 Å². The summed E-state index contributed by atoms with van der Waals surface area (Å²) >= 11 is 54.3. The van der Waals surface area contributed by atoms with E-state index in [9.17, 15) is 19.2 Å². The van der Waals surface area contributed by atoms with Crippen molar-refractivity contribution in [2.45, 2.75) is 102 Å². The predicted molar refractivity (Wildman–Crippen MR) is 533 cm³/mol. The number of aromatic nitrogens is 6. The first-order valence-corrected chi connectivity index (χ1v) is 48.2. The van der Waals surface area contributed by atoms with Crippen LogP contribution in [0.25, 0.3) is 43.6 Å². The van der Waals surface area contributed by atoms with Crippen molar-refractivity contribution in [1.29, 1.82) is 0 Å². The van der Waals surface area contributed by atoms with E-state index < -0.39 is 12.2 Å². The largest absolute Gasteiger partial charge is 0.494 e. The summed E-state index contributed by atoms with van der Waals surface area (Å²) in [5, 5.41) is 7.65. The maximum Gasteiger partial charge on any atom is 0.415 e. The highest BCUT2D eigenvalue weighted by molar-refractivity contribution is 6.33. The minimum atomic E-state index is -0.415. The molecule has 696 valence electrons. The molecule has 0 aliphatic carbocycles. The number of nitrogens with one attached hydrogen (secondary N) is 4. The van der Waals surface area contributed by atoms with Crippen molar-refractivity contribution in [1.82, 2.24) is 49.1 Å².